The molecule has 0 saturated heterocycles. The van der Waals surface area contributed by atoms with E-state index >= 15 is 0 Å². The van der Waals surface area contributed by atoms with Crippen molar-refractivity contribution < 1.29 is 4.79 Å². The van der Waals surface area contributed by atoms with E-state index in [1.807, 2.05) is 31.5 Å². The quantitative estimate of drug-likeness (QED) is 0.558. The van der Waals surface area contributed by atoms with Crippen LogP contribution in [0, 0.1) is 19.8 Å². The number of hydrogen-bond acceptors (Lipinski definition) is 4. The van der Waals surface area contributed by atoms with Crippen molar-refractivity contribution in [1.82, 2.24) is 24.5 Å². The second-order valence-electron chi connectivity index (χ2n) is 6.57. The Morgan fingerprint density at radius 2 is 2.00 bits per heavy atom. The third-order valence-corrected chi connectivity index (χ3v) is 6.17. The van der Waals surface area contributed by atoms with Gasteiger partial charge < -0.3 is 0 Å². The van der Waals surface area contributed by atoms with Crippen molar-refractivity contribution >= 4 is 51.0 Å². The van der Waals surface area contributed by atoms with Gasteiger partial charge in [-0.1, -0.05) is 36.2 Å². The molecule has 3 aromatic rings. The number of carbonyl (C=O) groups excluding carboxylic acids is 1. The van der Waals surface area contributed by atoms with Gasteiger partial charge >= 0.3 is 0 Å². The lowest BCUT2D eigenvalue weighted by atomic mass is 10.1. The van der Waals surface area contributed by atoms with E-state index < -0.39 is 0 Å². The molecule has 7 nitrogen and oxygen atoms in total. The summed E-state index contributed by atoms with van der Waals surface area (Å²) >= 11 is 15.5. The molecule has 0 bridgehead atoms. The molecule has 1 amide bonds. The summed E-state index contributed by atoms with van der Waals surface area (Å²) in [6.45, 7) is 6.65. The number of aromatic nitrogens is 5. The van der Waals surface area contributed by atoms with Gasteiger partial charge in [-0.2, -0.15) is 5.10 Å². The number of aryl methyl sites for hydroxylation is 1. The molecule has 2 aromatic heterocycles. The molecular weight excluding hydrogens is 467 g/mol. The Balaban J connectivity index is 1.61. The van der Waals surface area contributed by atoms with Gasteiger partial charge in [0.15, 0.2) is 0 Å². The minimum Gasteiger partial charge on any atom is -0.293 e. The second-order valence-corrected chi connectivity index (χ2v) is 8.18. The fourth-order valence-electron chi connectivity index (χ4n) is 2.68. The number of amides is 1. The molecule has 0 aliphatic rings. The summed E-state index contributed by atoms with van der Waals surface area (Å²) in [7, 11) is 0. The standard InChI is InChI=1S/C18H19BrCl2N6O/c1-10(7-27-12(3)16(19)11(2)24-27)17(28)23-18-22-9-26(25-18)8-13-4-5-14(20)15(21)6-13/h4-6,9-10H,7-8H2,1-3H3,(H,23,25,28). The molecule has 1 N–H and O–H groups in total. The van der Waals surface area contributed by atoms with E-state index in [0.717, 1.165) is 21.4 Å². The monoisotopic (exact) mass is 484 g/mol. The van der Waals surface area contributed by atoms with E-state index in [-0.39, 0.29) is 17.8 Å². The van der Waals surface area contributed by atoms with E-state index in [9.17, 15) is 4.79 Å². The Bertz CT molecular complexity index is 1020. The van der Waals surface area contributed by atoms with Crippen LogP contribution >= 0.6 is 39.1 Å². The van der Waals surface area contributed by atoms with Crippen molar-refractivity contribution in [2.45, 2.75) is 33.9 Å². The van der Waals surface area contributed by atoms with Gasteiger partial charge in [-0.05, 0) is 47.5 Å². The van der Waals surface area contributed by atoms with E-state index in [1.165, 1.54) is 0 Å². The maximum Gasteiger partial charge on any atom is 0.248 e. The summed E-state index contributed by atoms with van der Waals surface area (Å²) in [6, 6.07) is 5.37. The average Bonchev–Trinajstić information content (AvgIpc) is 3.18. The molecule has 2 heterocycles. The van der Waals surface area contributed by atoms with Crippen LogP contribution in [0.5, 0.6) is 0 Å². The normalized spacial score (nSPS) is 12.2. The van der Waals surface area contributed by atoms with Crippen LogP contribution in [0.15, 0.2) is 29.0 Å². The number of rotatable bonds is 6. The van der Waals surface area contributed by atoms with Gasteiger partial charge in [-0.3, -0.25) is 14.8 Å². The molecule has 148 valence electrons. The number of hydrogen-bond donors (Lipinski definition) is 1. The zero-order chi connectivity index (χ0) is 20.4. The number of benzene rings is 1. The Morgan fingerprint density at radius 3 is 2.64 bits per heavy atom. The number of nitrogens with one attached hydrogen (secondary N) is 1. The lowest BCUT2D eigenvalue weighted by Gasteiger charge is -2.12. The predicted molar refractivity (Wildman–Crippen MR) is 113 cm³/mol. The molecule has 0 spiro atoms. The first-order valence-corrected chi connectivity index (χ1v) is 10.1. The average molecular weight is 486 g/mol. The van der Waals surface area contributed by atoms with Crippen LogP contribution < -0.4 is 5.32 Å². The summed E-state index contributed by atoms with van der Waals surface area (Å²) in [5, 5.41) is 12.5. The summed E-state index contributed by atoms with van der Waals surface area (Å²) in [4.78, 5) is 16.6. The fraction of sp³-hybridized carbons (Fsp3) is 0.333. The molecule has 28 heavy (non-hydrogen) atoms. The zero-order valence-corrected chi connectivity index (χ0v) is 18.7. The van der Waals surface area contributed by atoms with Crippen molar-refractivity contribution in [3.63, 3.8) is 0 Å². The van der Waals surface area contributed by atoms with Gasteiger partial charge in [-0.25, -0.2) is 9.67 Å². The van der Waals surface area contributed by atoms with E-state index in [1.54, 1.807) is 23.1 Å². The van der Waals surface area contributed by atoms with Gasteiger partial charge in [0.2, 0.25) is 11.9 Å². The smallest absolute Gasteiger partial charge is 0.248 e. The third-order valence-electron chi connectivity index (χ3n) is 4.29. The van der Waals surface area contributed by atoms with E-state index in [0.29, 0.717) is 23.1 Å². The number of halogens is 3. The molecule has 1 unspecified atom stereocenters. The van der Waals surface area contributed by atoms with Crippen LogP contribution in [0.4, 0.5) is 5.95 Å². The van der Waals surface area contributed by atoms with Crippen LogP contribution in [-0.2, 0) is 17.9 Å². The topological polar surface area (TPSA) is 77.6 Å². The molecule has 1 atom stereocenters. The highest BCUT2D eigenvalue weighted by molar-refractivity contribution is 9.10. The van der Waals surface area contributed by atoms with Crippen LogP contribution in [-0.4, -0.2) is 30.5 Å². The Labute approximate surface area is 181 Å². The van der Waals surface area contributed by atoms with Crippen LogP contribution in [0.25, 0.3) is 0 Å². The third kappa shape index (κ3) is 4.74. The minimum atomic E-state index is -0.299. The lowest BCUT2D eigenvalue weighted by molar-refractivity contribution is -0.119. The molecule has 0 radical (unpaired) electrons. The number of anilines is 1. The van der Waals surface area contributed by atoms with Gasteiger partial charge in [0, 0.05) is 5.69 Å². The highest BCUT2D eigenvalue weighted by atomic mass is 79.9. The van der Waals surface area contributed by atoms with Gasteiger partial charge in [0.25, 0.3) is 0 Å². The molecule has 0 aliphatic carbocycles. The number of carbonyl (C=O) groups is 1. The van der Waals surface area contributed by atoms with Crippen molar-refractivity contribution in [2.24, 2.45) is 5.92 Å². The fourth-order valence-corrected chi connectivity index (χ4v) is 3.29. The van der Waals surface area contributed by atoms with Crippen molar-refractivity contribution in [1.29, 1.82) is 0 Å². The Morgan fingerprint density at radius 1 is 1.25 bits per heavy atom. The Hall–Kier alpha value is -1.90. The number of nitrogens with zero attached hydrogens (tertiary/aromatic N) is 5. The second kappa shape index (κ2) is 8.63. The minimum absolute atomic E-state index is 0.170. The first kappa shape index (κ1) is 20.8. The molecular formula is C18H19BrCl2N6O. The summed E-state index contributed by atoms with van der Waals surface area (Å²) in [6.07, 6.45) is 1.56. The van der Waals surface area contributed by atoms with Crippen molar-refractivity contribution in [3.8, 4) is 0 Å². The molecule has 3 rings (SSSR count). The van der Waals surface area contributed by atoms with Crippen LogP contribution in [0.3, 0.4) is 0 Å². The highest BCUT2D eigenvalue weighted by Gasteiger charge is 2.18. The first-order valence-electron chi connectivity index (χ1n) is 8.58. The van der Waals surface area contributed by atoms with Gasteiger partial charge in [-0.15, -0.1) is 5.10 Å². The highest BCUT2D eigenvalue weighted by Crippen LogP contribution is 2.23. The van der Waals surface area contributed by atoms with Crippen molar-refractivity contribution in [2.75, 3.05) is 5.32 Å². The zero-order valence-electron chi connectivity index (χ0n) is 15.6. The molecule has 0 aliphatic heterocycles. The van der Waals surface area contributed by atoms with Crippen LogP contribution in [0.1, 0.15) is 23.9 Å². The summed E-state index contributed by atoms with van der Waals surface area (Å²) in [5.41, 5.74) is 2.81. The van der Waals surface area contributed by atoms with E-state index in [4.69, 9.17) is 23.2 Å². The summed E-state index contributed by atoms with van der Waals surface area (Å²) in [5.74, 6) is -0.214. The molecule has 1 aromatic carbocycles. The van der Waals surface area contributed by atoms with E-state index in [2.05, 4.69) is 36.4 Å². The molecule has 10 heteroatoms. The first-order chi connectivity index (χ1) is 13.2. The van der Waals surface area contributed by atoms with Gasteiger partial charge in [0.05, 0.1) is 39.2 Å². The molecule has 0 fully saturated rings. The maximum absolute atomic E-state index is 12.5. The predicted octanol–water partition coefficient (Wildman–Crippen LogP) is 4.48. The Kier molecular flexibility index (Phi) is 6.42. The molecule has 0 saturated carbocycles. The van der Waals surface area contributed by atoms with Crippen molar-refractivity contribution in [3.05, 3.63) is 56.0 Å². The largest absolute Gasteiger partial charge is 0.293 e. The summed E-state index contributed by atoms with van der Waals surface area (Å²) < 4.78 is 4.40. The van der Waals surface area contributed by atoms with Gasteiger partial charge in [0.1, 0.15) is 6.33 Å². The SMILES string of the molecule is Cc1nn(CC(C)C(=O)Nc2ncn(Cc3ccc(Cl)c(Cl)c3)n2)c(C)c1Br. The maximum atomic E-state index is 12.5. The van der Waals surface area contributed by atoms with Crippen LogP contribution in [0.2, 0.25) is 10.0 Å². The lowest BCUT2D eigenvalue weighted by Crippen LogP contribution is -2.26.